The highest BCUT2D eigenvalue weighted by molar-refractivity contribution is 6.29. The third kappa shape index (κ3) is 9.05. The van der Waals surface area contributed by atoms with Crippen molar-refractivity contribution in [3.8, 4) is 66.8 Å². The van der Waals surface area contributed by atoms with E-state index in [0.717, 1.165) is 166 Å². The van der Waals surface area contributed by atoms with Gasteiger partial charge in [-0.15, -0.1) is 0 Å². The molecular formula is C90H60N2O2. The topological polar surface area (TPSA) is 32.8 Å². The second-order valence-corrected chi connectivity index (χ2v) is 24.8. The Labute approximate surface area is 545 Å². The molecule has 18 rings (SSSR count). The van der Waals surface area contributed by atoms with Crippen LogP contribution in [0.15, 0.2) is 336 Å². The normalized spacial score (nSPS) is 11.7. The summed E-state index contributed by atoms with van der Waals surface area (Å²) in [6.45, 7) is 4.35. The van der Waals surface area contributed by atoms with Crippen molar-refractivity contribution in [2.45, 2.75) is 13.8 Å². The zero-order valence-corrected chi connectivity index (χ0v) is 51.9. The number of nitrogens with zero attached hydrogens (tertiary/aromatic N) is 2. The highest BCUT2D eigenvalue weighted by atomic mass is 16.3. The summed E-state index contributed by atoms with van der Waals surface area (Å²) in [5, 5.41) is 11.1. The zero-order chi connectivity index (χ0) is 62.4. The Morgan fingerprint density at radius 3 is 0.883 bits per heavy atom. The lowest BCUT2D eigenvalue weighted by atomic mass is 9.91. The van der Waals surface area contributed by atoms with E-state index in [0.29, 0.717) is 0 Å². The quantitative estimate of drug-likeness (QED) is 0.114. The van der Waals surface area contributed by atoms with Gasteiger partial charge in [0.2, 0.25) is 0 Å². The molecule has 0 atom stereocenters. The van der Waals surface area contributed by atoms with Crippen LogP contribution in [0.5, 0.6) is 0 Å². The van der Waals surface area contributed by atoms with Crippen molar-refractivity contribution >= 4 is 110 Å². The molecule has 2 aromatic heterocycles. The van der Waals surface area contributed by atoms with Gasteiger partial charge in [-0.2, -0.15) is 0 Å². The molecule has 4 nitrogen and oxygen atoms in total. The Hall–Kier alpha value is -12.2. The van der Waals surface area contributed by atoms with Gasteiger partial charge in [0.25, 0.3) is 0 Å². The highest BCUT2D eigenvalue weighted by Crippen LogP contribution is 2.53. The van der Waals surface area contributed by atoms with E-state index in [1.807, 2.05) is 0 Å². The summed E-state index contributed by atoms with van der Waals surface area (Å²) < 4.78 is 14.9. The number of aryl methyl sites for hydroxylation is 2. The van der Waals surface area contributed by atoms with Crippen LogP contribution >= 0.6 is 0 Å². The Kier molecular flexibility index (Phi) is 13.0. The van der Waals surface area contributed by atoms with E-state index < -0.39 is 0 Å². The largest absolute Gasteiger partial charge is 0.453 e. The van der Waals surface area contributed by atoms with E-state index in [1.165, 1.54) is 21.9 Å². The first-order chi connectivity index (χ1) is 46.5. The van der Waals surface area contributed by atoms with Crippen LogP contribution in [-0.4, -0.2) is 0 Å². The highest BCUT2D eigenvalue weighted by Gasteiger charge is 2.28. The Balaban J connectivity index is 0.916. The van der Waals surface area contributed by atoms with Gasteiger partial charge in [-0.25, -0.2) is 0 Å². The molecule has 0 bridgehead atoms. The summed E-state index contributed by atoms with van der Waals surface area (Å²) in [5.74, 6) is 0. The molecule has 0 aliphatic carbocycles. The lowest BCUT2D eigenvalue weighted by Crippen LogP contribution is -2.12. The minimum atomic E-state index is 0.812. The summed E-state index contributed by atoms with van der Waals surface area (Å²) in [6.07, 6.45) is 0. The average Bonchev–Trinajstić information content (AvgIpc) is 1.11. The van der Waals surface area contributed by atoms with Crippen molar-refractivity contribution in [3.63, 3.8) is 0 Å². The summed E-state index contributed by atoms with van der Waals surface area (Å²) in [6, 6.07) is 119. The molecule has 0 amide bonds. The molecule has 0 N–H and O–H groups in total. The van der Waals surface area contributed by atoms with E-state index in [1.54, 1.807) is 0 Å². The van der Waals surface area contributed by atoms with Gasteiger partial charge in [0.05, 0.1) is 22.7 Å². The third-order valence-corrected chi connectivity index (χ3v) is 19.2. The second-order valence-electron chi connectivity index (χ2n) is 24.8. The Morgan fingerprint density at radius 2 is 0.521 bits per heavy atom. The fourth-order valence-corrected chi connectivity index (χ4v) is 14.8. The fourth-order valence-electron chi connectivity index (χ4n) is 14.8. The summed E-state index contributed by atoms with van der Waals surface area (Å²) in [4.78, 5) is 4.92. The van der Waals surface area contributed by atoms with Crippen LogP contribution in [-0.2, 0) is 0 Å². The van der Waals surface area contributed by atoms with Gasteiger partial charge >= 0.3 is 0 Å². The maximum atomic E-state index is 7.43. The van der Waals surface area contributed by atoms with Crippen LogP contribution in [0.25, 0.3) is 143 Å². The molecule has 0 unspecified atom stereocenters. The molecule has 16 aromatic carbocycles. The molecule has 4 heteroatoms. The number of rotatable bonds is 12. The number of fused-ring (bicyclic) bond motifs is 6. The molecule has 0 radical (unpaired) electrons. The zero-order valence-electron chi connectivity index (χ0n) is 51.9. The van der Waals surface area contributed by atoms with Crippen molar-refractivity contribution in [2.75, 3.05) is 9.80 Å². The van der Waals surface area contributed by atoms with Crippen LogP contribution in [0.2, 0.25) is 0 Å². The monoisotopic (exact) mass is 1200 g/mol. The summed E-state index contributed by atoms with van der Waals surface area (Å²) in [5.41, 5.74) is 25.1. The molecule has 0 fully saturated rings. The van der Waals surface area contributed by atoms with Crippen molar-refractivity contribution in [2.24, 2.45) is 0 Å². The number of hydrogen-bond donors (Lipinski definition) is 0. The first-order valence-corrected chi connectivity index (χ1v) is 32.3. The molecule has 0 saturated heterocycles. The van der Waals surface area contributed by atoms with Gasteiger partial charge in [0.15, 0.2) is 11.2 Å². The van der Waals surface area contributed by atoms with Crippen molar-refractivity contribution in [1.29, 1.82) is 0 Å². The molecule has 18 aromatic rings. The van der Waals surface area contributed by atoms with Crippen molar-refractivity contribution in [1.82, 2.24) is 0 Å². The fraction of sp³-hybridized carbons (Fsp3) is 0.0222. The standard InChI is InChI=1S/C90H60N2O2/c1-57-23-15-17-33-71(57)73-35-19-37-75-77-39-21-41-83(89(77)93-87(73)75)91(69-53-65(59-25-7-3-8-26-59)51-66(54-69)60-27-9-4-10-28-60)81-49-45-63-44-48-80-82(50-46-64-43-47-79(81)85(63)86(64)80)92(70-55-67(61-29-11-5-12-30-61)52-68(56-70)62-31-13-6-14-32-62)84-42-22-40-78-76-38-20-36-74(88(76)94-90(78)84)72-34-18-16-24-58(72)2/h3-56H,1-2H3. The van der Waals surface area contributed by atoms with Gasteiger partial charge in [0, 0.05) is 54.8 Å². The van der Waals surface area contributed by atoms with Gasteiger partial charge < -0.3 is 18.6 Å². The lowest BCUT2D eigenvalue weighted by Gasteiger charge is -2.30. The minimum Gasteiger partial charge on any atom is -0.453 e. The Bertz CT molecular complexity index is 5460. The summed E-state index contributed by atoms with van der Waals surface area (Å²) in [7, 11) is 0. The van der Waals surface area contributed by atoms with E-state index in [2.05, 4.69) is 351 Å². The average molecular weight is 1200 g/mol. The lowest BCUT2D eigenvalue weighted by molar-refractivity contribution is 0.670. The van der Waals surface area contributed by atoms with Crippen molar-refractivity contribution < 1.29 is 8.83 Å². The maximum absolute atomic E-state index is 7.43. The number of para-hydroxylation sites is 4. The van der Waals surface area contributed by atoms with Crippen LogP contribution in [0.4, 0.5) is 34.1 Å². The van der Waals surface area contributed by atoms with Crippen LogP contribution < -0.4 is 9.80 Å². The Morgan fingerprint density at radius 1 is 0.213 bits per heavy atom. The molecule has 0 aliphatic heterocycles. The molecule has 0 spiro atoms. The smallest absolute Gasteiger partial charge is 0.159 e. The number of anilines is 6. The predicted octanol–water partition coefficient (Wildman–Crippen LogP) is 25.9. The van der Waals surface area contributed by atoms with Gasteiger partial charge in [-0.05, 0) is 163 Å². The molecular weight excluding hydrogens is 1140 g/mol. The summed E-state index contributed by atoms with van der Waals surface area (Å²) >= 11 is 0. The molecule has 442 valence electrons. The molecule has 0 saturated carbocycles. The van der Waals surface area contributed by atoms with Gasteiger partial charge in [-0.1, -0.05) is 267 Å². The van der Waals surface area contributed by atoms with E-state index in [-0.39, 0.29) is 0 Å². The number of hydrogen-bond acceptors (Lipinski definition) is 4. The minimum absolute atomic E-state index is 0.812. The van der Waals surface area contributed by atoms with E-state index in [4.69, 9.17) is 8.83 Å². The van der Waals surface area contributed by atoms with Gasteiger partial charge in [0.1, 0.15) is 11.2 Å². The van der Waals surface area contributed by atoms with Gasteiger partial charge in [-0.3, -0.25) is 0 Å². The molecule has 94 heavy (non-hydrogen) atoms. The molecule has 0 aliphatic rings. The third-order valence-electron chi connectivity index (χ3n) is 19.2. The van der Waals surface area contributed by atoms with Crippen molar-refractivity contribution in [3.05, 3.63) is 339 Å². The van der Waals surface area contributed by atoms with E-state index in [9.17, 15) is 0 Å². The predicted molar refractivity (Wildman–Crippen MR) is 396 cm³/mol. The van der Waals surface area contributed by atoms with Crippen LogP contribution in [0.3, 0.4) is 0 Å². The van der Waals surface area contributed by atoms with Crippen LogP contribution in [0, 0.1) is 13.8 Å². The van der Waals surface area contributed by atoms with E-state index >= 15 is 0 Å². The second kappa shape index (κ2) is 22.3. The first-order valence-electron chi connectivity index (χ1n) is 32.3. The number of furan rings is 2. The van der Waals surface area contributed by atoms with Crippen LogP contribution in [0.1, 0.15) is 11.1 Å². The number of benzene rings is 16. The maximum Gasteiger partial charge on any atom is 0.159 e. The first kappa shape index (κ1) is 54.7. The molecule has 2 heterocycles. The SMILES string of the molecule is Cc1ccccc1-c1cccc2c1oc1c(N(c3cc(-c4ccccc4)cc(-c4ccccc4)c3)c3ccc4ccc5c(N(c6cc(-c7ccccc7)cc(-c7ccccc7)c6)c6cccc7c6oc6c(-c8ccccc8C)cccc67)ccc6ccc3c4c65)cccc12.